The smallest absolute Gasteiger partial charge is 0.209 e. The number of halogens is 1. The maximum Gasteiger partial charge on any atom is 0.209 e. The van der Waals surface area contributed by atoms with Gasteiger partial charge in [-0.1, -0.05) is 41.9 Å². The van der Waals surface area contributed by atoms with Crippen LogP contribution in [0.1, 0.15) is 16.0 Å². The molecule has 0 fully saturated rings. The van der Waals surface area contributed by atoms with Crippen LogP contribution in [-0.2, 0) is 18.0 Å². The van der Waals surface area contributed by atoms with Gasteiger partial charge in [-0.05, 0) is 23.4 Å². The highest BCUT2D eigenvalue weighted by Gasteiger charge is 2.38. The molecular formula is C15H13ClN2S. The van der Waals surface area contributed by atoms with Gasteiger partial charge in [-0.25, -0.2) is 0 Å². The molecule has 0 radical (unpaired) electrons. The number of alkyl halides is 1. The fraction of sp³-hybridized carbons (Fsp3) is 0.267. The van der Waals surface area contributed by atoms with Gasteiger partial charge in [0.15, 0.2) is 0 Å². The van der Waals surface area contributed by atoms with Crippen molar-refractivity contribution in [3.8, 4) is 6.07 Å². The van der Waals surface area contributed by atoms with E-state index in [1.165, 1.54) is 10.4 Å². The number of nitriles is 1. The van der Waals surface area contributed by atoms with E-state index in [0.717, 1.165) is 25.1 Å². The Hall–Kier alpha value is -1.34. The summed E-state index contributed by atoms with van der Waals surface area (Å²) in [6.07, 6.45) is 0.968. The minimum Gasteiger partial charge on any atom is -0.265 e. The maximum absolute atomic E-state index is 9.57. The Kier molecular flexibility index (Phi) is 3.32. The van der Waals surface area contributed by atoms with Gasteiger partial charge < -0.3 is 0 Å². The number of thiophene rings is 1. The lowest BCUT2D eigenvalue weighted by molar-refractivity contribution is 0.187. The van der Waals surface area contributed by atoms with E-state index in [9.17, 15) is 5.26 Å². The van der Waals surface area contributed by atoms with E-state index in [1.54, 1.807) is 11.3 Å². The summed E-state index contributed by atoms with van der Waals surface area (Å²) in [4.78, 5) is 2.40. The molecule has 3 rings (SSSR count). The molecule has 0 aliphatic carbocycles. The van der Waals surface area contributed by atoms with Crippen molar-refractivity contribution >= 4 is 22.9 Å². The highest BCUT2D eigenvalue weighted by Crippen LogP contribution is 2.37. The van der Waals surface area contributed by atoms with Crippen molar-refractivity contribution in [2.75, 3.05) is 6.54 Å². The van der Waals surface area contributed by atoms with Gasteiger partial charge in [0.2, 0.25) is 5.00 Å². The molecule has 0 bridgehead atoms. The van der Waals surface area contributed by atoms with Crippen molar-refractivity contribution in [1.82, 2.24) is 4.90 Å². The second-order valence-electron chi connectivity index (χ2n) is 4.64. The monoisotopic (exact) mass is 288 g/mol. The molecule has 1 aromatic carbocycles. The molecule has 1 unspecified atom stereocenters. The topological polar surface area (TPSA) is 27.0 Å². The van der Waals surface area contributed by atoms with Crippen LogP contribution in [0.15, 0.2) is 41.8 Å². The van der Waals surface area contributed by atoms with Crippen LogP contribution in [0.4, 0.5) is 0 Å². The standard InChI is InChI=1S/C15H13ClN2S/c16-15(11-17,13-4-2-1-3-5-13)18-8-6-14-12(10-18)7-9-19-14/h1-5,7,9H,6,8,10H2. The summed E-state index contributed by atoms with van der Waals surface area (Å²) in [5.41, 5.74) is 2.14. The minimum absolute atomic E-state index is 0.741. The zero-order chi connectivity index (χ0) is 13.3. The van der Waals surface area contributed by atoms with Crippen LogP contribution in [0.5, 0.6) is 0 Å². The number of rotatable bonds is 2. The molecule has 1 aliphatic rings. The second kappa shape index (κ2) is 4.97. The van der Waals surface area contributed by atoms with E-state index in [4.69, 9.17) is 11.6 Å². The molecule has 4 heteroatoms. The summed E-state index contributed by atoms with van der Waals surface area (Å²) in [6, 6.07) is 14.0. The zero-order valence-corrected chi connectivity index (χ0v) is 11.9. The van der Waals surface area contributed by atoms with Crippen LogP contribution in [-0.4, -0.2) is 11.4 Å². The quantitative estimate of drug-likeness (QED) is 0.622. The van der Waals surface area contributed by atoms with Crippen LogP contribution in [0.3, 0.4) is 0 Å². The number of nitrogens with zero attached hydrogens (tertiary/aromatic N) is 2. The van der Waals surface area contributed by atoms with E-state index >= 15 is 0 Å². The zero-order valence-electron chi connectivity index (χ0n) is 10.3. The van der Waals surface area contributed by atoms with Crippen molar-refractivity contribution in [1.29, 1.82) is 5.26 Å². The average molecular weight is 289 g/mol. The Morgan fingerprint density at radius 2 is 2.05 bits per heavy atom. The highest BCUT2D eigenvalue weighted by atomic mass is 35.5. The number of benzene rings is 1. The van der Waals surface area contributed by atoms with Crippen LogP contribution < -0.4 is 0 Å². The van der Waals surface area contributed by atoms with Crippen molar-refractivity contribution < 1.29 is 0 Å². The van der Waals surface area contributed by atoms with Gasteiger partial charge in [-0.15, -0.1) is 11.3 Å². The van der Waals surface area contributed by atoms with Crippen LogP contribution in [0.2, 0.25) is 0 Å². The highest BCUT2D eigenvalue weighted by molar-refractivity contribution is 7.10. The Morgan fingerprint density at radius 1 is 1.26 bits per heavy atom. The summed E-state index contributed by atoms with van der Waals surface area (Å²) in [5.74, 6) is 0. The molecule has 19 heavy (non-hydrogen) atoms. The van der Waals surface area contributed by atoms with Crippen LogP contribution in [0.25, 0.3) is 0 Å². The first kappa shape index (κ1) is 12.7. The average Bonchev–Trinajstić information content (AvgIpc) is 2.94. The molecule has 1 aliphatic heterocycles. The Labute approximate surface area is 121 Å². The molecule has 0 saturated heterocycles. The lowest BCUT2D eigenvalue weighted by atomic mass is 10.0. The molecule has 2 nitrogen and oxygen atoms in total. The summed E-state index contributed by atoms with van der Waals surface area (Å²) >= 11 is 8.42. The van der Waals surface area contributed by atoms with Crippen LogP contribution >= 0.6 is 22.9 Å². The number of hydrogen-bond acceptors (Lipinski definition) is 3. The van der Waals surface area contributed by atoms with Gasteiger partial charge in [0, 0.05) is 23.5 Å². The molecule has 0 spiro atoms. The third-order valence-electron chi connectivity index (χ3n) is 3.55. The van der Waals surface area contributed by atoms with Gasteiger partial charge in [0.05, 0.1) is 0 Å². The minimum atomic E-state index is -1.07. The van der Waals surface area contributed by atoms with E-state index in [1.807, 2.05) is 30.3 Å². The molecule has 2 heterocycles. The van der Waals surface area contributed by atoms with Crippen molar-refractivity contribution in [2.24, 2.45) is 0 Å². The molecule has 2 aromatic rings. The van der Waals surface area contributed by atoms with Gasteiger partial charge in [-0.2, -0.15) is 5.26 Å². The molecule has 0 saturated carbocycles. The van der Waals surface area contributed by atoms with E-state index in [2.05, 4.69) is 22.4 Å². The van der Waals surface area contributed by atoms with E-state index in [0.29, 0.717) is 0 Å². The van der Waals surface area contributed by atoms with E-state index < -0.39 is 5.00 Å². The fourth-order valence-corrected chi connectivity index (χ4v) is 3.65. The summed E-state index contributed by atoms with van der Waals surface area (Å²) in [5, 5.41) is 11.7. The first-order chi connectivity index (χ1) is 9.24. The summed E-state index contributed by atoms with van der Waals surface area (Å²) in [6.45, 7) is 1.56. The molecule has 96 valence electrons. The van der Waals surface area contributed by atoms with Gasteiger partial charge in [0.1, 0.15) is 6.07 Å². The van der Waals surface area contributed by atoms with Crippen LogP contribution in [0, 0.1) is 11.3 Å². The SMILES string of the molecule is N#CC(Cl)(c1ccccc1)N1CCc2sccc2C1. The van der Waals surface area contributed by atoms with Gasteiger partial charge in [0.25, 0.3) is 0 Å². The van der Waals surface area contributed by atoms with Crippen molar-refractivity contribution in [3.05, 3.63) is 57.8 Å². The molecule has 0 amide bonds. The normalized spacial score (nSPS) is 18.3. The third-order valence-corrected chi connectivity index (χ3v) is 5.11. The molecule has 1 atom stereocenters. The van der Waals surface area contributed by atoms with E-state index in [-0.39, 0.29) is 0 Å². The number of hydrogen-bond donors (Lipinski definition) is 0. The predicted octanol–water partition coefficient (Wildman–Crippen LogP) is 3.72. The Bertz CT molecular complexity index is 617. The Morgan fingerprint density at radius 3 is 2.79 bits per heavy atom. The van der Waals surface area contributed by atoms with Gasteiger partial charge in [-0.3, -0.25) is 4.90 Å². The summed E-state index contributed by atoms with van der Waals surface area (Å²) < 4.78 is 0. The maximum atomic E-state index is 9.57. The van der Waals surface area contributed by atoms with Crippen molar-refractivity contribution in [3.63, 3.8) is 0 Å². The fourth-order valence-electron chi connectivity index (χ4n) is 2.49. The molecule has 0 N–H and O–H groups in total. The second-order valence-corrected chi connectivity index (χ2v) is 6.19. The third kappa shape index (κ3) is 2.17. The predicted molar refractivity (Wildman–Crippen MR) is 78.0 cm³/mol. The lowest BCUT2D eigenvalue weighted by Gasteiger charge is -2.36. The first-order valence-electron chi connectivity index (χ1n) is 6.20. The van der Waals surface area contributed by atoms with Crippen molar-refractivity contribution in [2.45, 2.75) is 18.0 Å². The molecular weight excluding hydrogens is 276 g/mol. The largest absolute Gasteiger partial charge is 0.265 e. The van der Waals surface area contributed by atoms with Gasteiger partial charge >= 0.3 is 0 Å². The molecule has 1 aromatic heterocycles. The number of fused-ring (bicyclic) bond motifs is 1. The lowest BCUT2D eigenvalue weighted by Crippen LogP contribution is -2.43. The Balaban J connectivity index is 1.95. The summed E-state index contributed by atoms with van der Waals surface area (Å²) in [7, 11) is 0. The first-order valence-corrected chi connectivity index (χ1v) is 7.46.